The molecule has 0 fully saturated rings. The van der Waals surface area contributed by atoms with Crippen LogP contribution in [0.2, 0.25) is 0 Å². The van der Waals surface area contributed by atoms with Crippen molar-refractivity contribution in [3.05, 3.63) is 109 Å². The van der Waals surface area contributed by atoms with E-state index >= 15 is 0 Å². The van der Waals surface area contributed by atoms with Gasteiger partial charge in [0.25, 0.3) is 11.5 Å². The Morgan fingerprint density at radius 2 is 1.89 bits per heavy atom. The Labute approximate surface area is 211 Å². The number of aromatic nitrogens is 3. The van der Waals surface area contributed by atoms with E-state index in [0.29, 0.717) is 32.0 Å². The van der Waals surface area contributed by atoms with Crippen molar-refractivity contribution in [3.8, 4) is 5.75 Å². The lowest BCUT2D eigenvalue weighted by Gasteiger charge is -2.25. The van der Waals surface area contributed by atoms with E-state index in [9.17, 15) is 9.59 Å². The molecule has 2 aromatic heterocycles. The van der Waals surface area contributed by atoms with Gasteiger partial charge in [-0.15, -0.1) is 0 Å². The molecule has 1 atom stereocenters. The van der Waals surface area contributed by atoms with Crippen LogP contribution < -0.4 is 24.9 Å². The number of benzene rings is 2. The Hall–Kier alpha value is -4.24. The Kier molecular flexibility index (Phi) is 6.15. The van der Waals surface area contributed by atoms with Crippen LogP contribution in [0.25, 0.3) is 6.08 Å². The summed E-state index contributed by atoms with van der Waals surface area (Å²) in [5, 5.41) is 7.20. The fourth-order valence-corrected chi connectivity index (χ4v) is 5.33. The zero-order valence-electron chi connectivity index (χ0n) is 20.4. The molecule has 0 radical (unpaired) electrons. The van der Waals surface area contributed by atoms with Gasteiger partial charge in [-0.3, -0.25) is 18.8 Å². The van der Waals surface area contributed by atoms with E-state index < -0.39 is 6.04 Å². The number of carbonyl (C=O) groups excluding carboxylic acids is 1. The lowest BCUT2D eigenvalue weighted by atomic mass is 9.95. The van der Waals surface area contributed by atoms with E-state index in [4.69, 9.17) is 4.74 Å². The lowest BCUT2D eigenvalue weighted by Crippen LogP contribution is -2.40. The summed E-state index contributed by atoms with van der Waals surface area (Å²) < 4.78 is 9.13. The van der Waals surface area contributed by atoms with Crippen LogP contribution in [0.1, 0.15) is 29.7 Å². The third-order valence-electron chi connectivity index (χ3n) is 6.11. The highest BCUT2D eigenvalue weighted by Gasteiger charge is 2.32. The summed E-state index contributed by atoms with van der Waals surface area (Å²) in [7, 11) is 3.42. The van der Waals surface area contributed by atoms with Crippen molar-refractivity contribution in [2.45, 2.75) is 19.9 Å². The Morgan fingerprint density at radius 1 is 1.14 bits per heavy atom. The molecule has 0 saturated heterocycles. The lowest BCUT2D eigenvalue weighted by molar-refractivity contribution is -0.113. The summed E-state index contributed by atoms with van der Waals surface area (Å²) in [4.78, 5) is 32.6. The first-order valence-electron chi connectivity index (χ1n) is 11.4. The molecule has 0 saturated carbocycles. The Balaban J connectivity index is 1.67. The van der Waals surface area contributed by atoms with Crippen molar-refractivity contribution in [1.29, 1.82) is 0 Å². The van der Waals surface area contributed by atoms with E-state index in [1.807, 2.05) is 75.6 Å². The van der Waals surface area contributed by atoms with Gasteiger partial charge in [-0.25, -0.2) is 4.99 Å². The molecule has 3 heterocycles. The molecule has 9 heteroatoms. The highest BCUT2D eigenvalue weighted by molar-refractivity contribution is 7.07. The van der Waals surface area contributed by atoms with Gasteiger partial charge in [0.05, 0.1) is 35.2 Å². The summed E-state index contributed by atoms with van der Waals surface area (Å²) in [5.41, 5.74) is 4.04. The second-order valence-corrected chi connectivity index (χ2v) is 9.58. The molecular formula is C27H25N5O3S. The quantitative estimate of drug-likeness (QED) is 0.457. The number of aryl methyl sites for hydroxylation is 2. The zero-order valence-corrected chi connectivity index (χ0v) is 21.2. The van der Waals surface area contributed by atoms with Crippen LogP contribution in [0.4, 0.5) is 5.69 Å². The summed E-state index contributed by atoms with van der Waals surface area (Å²) in [5.74, 6) is 0.391. The molecule has 0 aliphatic carbocycles. The second-order valence-electron chi connectivity index (χ2n) is 8.57. The maximum absolute atomic E-state index is 13.7. The topological polar surface area (TPSA) is 90.5 Å². The van der Waals surface area contributed by atoms with Crippen LogP contribution in [-0.2, 0) is 11.8 Å². The molecule has 8 nitrogen and oxygen atoms in total. The highest BCUT2D eigenvalue weighted by Crippen LogP contribution is 2.32. The molecule has 1 unspecified atom stereocenters. The molecule has 1 N–H and O–H groups in total. The Morgan fingerprint density at radius 3 is 2.56 bits per heavy atom. The summed E-state index contributed by atoms with van der Waals surface area (Å²) >= 11 is 1.30. The Bertz CT molecular complexity index is 1680. The molecule has 1 aliphatic heterocycles. The monoisotopic (exact) mass is 499 g/mol. The van der Waals surface area contributed by atoms with Crippen molar-refractivity contribution in [2.24, 2.45) is 12.0 Å². The average molecular weight is 500 g/mol. The number of anilines is 1. The van der Waals surface area contributed by atoms with Crippen LogP contribution in [0.3, 0.4) is 0 Å². The van der Waals surface area contributed by atoms with Crippen LogP contribution in [0, 0.1) is 6.92 Å². The van der Waals surface area contributed by atoms with Gasteiger partial charge in [-0.05, 0) is 49.2 Å². The van der Waals surface area contributed by atoms with Crippen LogP contribution in [-0.4, -0.2) is 27.4 Å². The number of methoxy groups -OCH3 is 1. The molecule has 2 aromatic carbocycles. The first-order valence-corrected chi connectivity index (χ1v) is 12.2. The minimum atomic E-state index is -0.646. The van der Waals surface area contributed by atoms with Gasteiger partial charge in [-0.2, -0.15) is 5.10 Å². The maximum Gasteiger partial charge on any atom is 0.271 e. The zero-order chi connectivity index (χ0) is 25.4. The van der Waals surface area contributed by atoms with Crippen LogP contribution in [0.5, 0.6) is 5.75 Å². The fourth-order valence-electron chi connectivity index (χ4n) is 4.28. The number of para-hydroxylation sites is 1. The number of nitrogens with one attached hydrogen (secondary N) is 1. The first-order chi connectivity index (χ1) is 17.4. The number of fused-ring (bicyclic) bond motifs is 1. The van der Waals surface area contributed by atoms with Crippen molar-refractivity contribution >= 4 is 29.0 Å². The largest absolute Gasteiger partial charge is 0.497 e. The van der Waals surface area contributed by atoms with E-state index in [1.165, 1.54) is 11.3 Å². The van der Waals surface area contributed by atoms with E-state index in [-0.39, 0.29) is 11.5 Å². The minimum absolute atomic E-state index is 0.211. The SMILES string of the molecule is COc1ccc(C2C(C(=O)Nc3ccccc3C)=C(C)N=c3s/c(=C/c4cnn(C)c4)c(=O)n32)cc1. The number of carbonyl (C=O) groups is 1. The number of rotatable bonds is 5. The van der Waals surface area contributed by atoms with Crippen molar-refractivity contribution in [1.82, 2.24) is 14.3 Å². The number of thiazole rings is 1. The predicted octanol–water partition coefficient (Wildman–Crippen LogP) is 2.92. The van der Waals surface area contributed by atoms with Gasteiger partial charge < -0.3 is 10.1 Å². The first kappa shape index (κ1) is 23.5. The van der Waals surface area contributed by atoms with Crippen molar-refractivity contribution in [3.63, 3.8) is 0 Å². The molecule has 0 bridgehead atoms. The molecule has 1 aliphatic rings. The number of hydrogen-bond acceptors (Lipinski definition) is 6. The van der Waals surface area contributed by atoms with E-state index in [2.05, 4.69) is 15.4 Å². The average Bonchev–Trinajstić information content (AvgIpc) is 3.41. The second kappa shape index (κ2) is 9.43. The van der Waals surface area contributed by atoms with Crippen molar-refractivity contribution in [2.75, 3.05) is 12.4 Å². The van der Waals surface area contributed by atoms with Crippen LogP contribution in [0.15, 0.2) is 82.0 Å². The van der Waals surface area contributed by atoms with Gasteiger partial charge in [0.15, 0.2) is 4.80 Å². The van der Waals surface area contributed by atoms with Crippen LogP contribution >= 0.6 is 11.3 Å². The van der Waals surface area contributed by atoms with Gasteiger partial charge in [0.1, 0.15) is 5.75 Å². The maximum atomic E-state index is 13.7. The minimum Gasteiger partial charge on any atom is -0.497 e. The fraction of sp³-hybridized carbons (Fsp3) is 0.185. The predicted molar refractivity (Wildman–Crippen MR) is 140 cm³/mol. The summed E-state index contributed by atoms with van der Waals surface area (Å²) in [6.45, 7) is 3.74. The molecule has 5 rings (SSSR count). The molecule has 0 spiro atoms. The number of hydrogen-bond donors (Lipinski definition) is 1. The number of allylic oxidation sites excluding steroid dienone is 1. The standard InChI is InChI=1S/C27H25N5O3S/c1-16-7-5-6-8-21(16)30-25(33)23-17(2)29-27-32(24(23)19-9-11-20(35-4)12-10-19)26(34)22(36-27)13-18-14-28-31(3)15-18/h5-15,24H,1-4H3,(H,30,33)/b22-13+. The van der Waals surface area contributed by atoms with Crippen molar-refractivity contribution < 1.29 is 9.53 Å². The molecule has 182 valence electrons. The molecule has 1 amide bonds. The van der Waals surface area contributed by atoms with Gasteiger partial charge in [0.2, 0.25) is 0 Å². The molecule has 36 heavy (non-hydrogen) atoms. The van der Waals surface area contributed by atoms with Gasteiger partial charge in [0, 0.05) is 24.5 Å². The summed E-state index contributed by atoms with van der Waals surface area (Å²) in [6.07, 6.45) is 5.34. The van der Waals surface area contributed by atoms with E-state index in [0.717, 1.165) is 16.7 Å². The van der Waals surface area contributed by atoms with Gasteiger partial charge >= 0.3 is 0 Å². The van der Waals surface area contributed by atoms with Gasteiger partial charge in [-0.1, -0.05) is 41.7 Å². The highest BCUT2D eigenvalue weighted by atomic mass is 32.1. The number of ether oxygens (including phenoxy) is 1. The van der Waals surface area contributed by atoms with E-state index in [1.54, 1.807) is 28.6 Å². The smallest absolute Gasteiger partial charge is 0.271 e. The third kappa shape index (κ3) is 4.29. The third-order valence-corrected chi connectivity index (χ3v) is 7.10. The molecule has 4 aromatic rings. The summed E-state index contributed by atoms with van der Waals surface area (Å²) in [6, 6.07) is 14.3. The number of amides is 1. The molecular weight excluding hydrogens is 474 g/mol. The number of nitrogens with zero attached hydrogens (tertiary/aromatic N) is 4. The normalized spacial score (nSPS) is 15.4.